The van der Waals surface area contributed by atoms with Gasteiger partial charge in [-0.25, -0.2) is 19.4 Å². The molecule has 0 bridgehead atoms. The molecule has 0 amide bonds. The van der Waals surface area contributed by atoms with E-state index in [-0.39, 0.29) is 19.8 Å². The molecule has 3 aromatic rings. The summed E-state index contributed by atoms with van der Waals surface area (Å²) >= 11 is 1.25. The summed E-state index contributed by atoms with van der Waals surface area (Å²) in [7, 11) is 0. The van der Waals surface area contributed by atoms with Gasteiger partial charge in [0.1, 0.15) is 19.8 Å². The van der Waals surface area contributed by atoms with E-state index in [0.717, 1.165) is 52.5 Å². The number of thiazole rings is 1. The van der Waals surface area contributed by atoms with Crippen LogP contribution in [0.15, 0.2) is 80.4 Å². The number of hydrogen-bond donors (Lipinski definition) is 0. The van der Waals surface area contributed by atoms with Gasteiger partial charge >= 0.3 is 17.9 Å². The highest BCUT2D eigenvalue weighted by Crippen LogP contribution is 2.21. The zero-order valence-corrected chi connectivity index (χ0v) is 23.3. The van der Waals surface area contributed by atoms with Gasteiger partial charge in [-0.05, 0) is 53.8 Å². The Labute approximate surface area is 243 Å². The maximum atomic E-state index is 11.5. The average Bonchev–Trinajstić information content (AvgIpc) is 3.41. The van der Waals surface area contributed by atoms with Crippen LogP contribution in [0.2, 0.25) is 0 Å². The molecular weight excluding hydrogens is 538 g/mol. The maximum Gasteiger partial charge on any atom is 0.330 e. The van der Waals surface area contributed by atoms with Crippen LogP contribution in [0.3, 0.4) is 0 Å². The molecule has 3 rings (SSSR count). The highest BCUT2D eigenvalue weighted by atomic mass is 32.1. The molecule has 0 aliphatic carbocycles. The summed E-state index contributed by atoms with van der Waals surface area (Å²) < 4.78 is 15.3. The van der Waals surface area contributed by atoms with Crippen LogP contribution in [0, 0.1) is 23.7 Å². The summed E-state index contributed by atoms with van der Waals surface area (Å²) in [6, 6.07) is 13.3. The molecule has 1 aromatic heterocycles. The van der Waals surface area contributed by atoms with E-state index >= 15 is 0 Å². The van der Waals surface area contributed by atoms with Gasteiger partial charge in [0.25, 0.3) is 0 Å². The molecule has 8 heteroatoms. The van der Waals surface area contributed by atoms with E-state index in [1.165, 1.54) is 11.3 Å². The van der Waals surface area contributed by atoms with Crippen molar-refractivity contribution in [3.8, 4) is 23.7 Å². The third-order valence-electron chi connectivity index (χ3n) is 5.45. The molecule has 0 unspecified atom stereocenters. The number of aryl methyl sites for hydroxylation is 1. The van der Waals surface area contributed by atoms with Crippen molar-refractivity contribution < 1.29 is 28.6 Å². The molecule has 0 saturated carbocycles. The summed E-state index contributed by atoms with van der Waals surface area (Å²) in [6.45, 7) is 12.2. The van der Waals surface area contributed by atoms with E-state index < -0.39 is 17.9 Å². The number of aromatic nitrogens is 1. The van der Waals surface area contributed by atoms with Gasteiger partial charge in [-0.15, -0.1) is 11.3 Å². The third-order valence-corrected chi connectivity index (χ3v) is 6.44. The number of carbonyl (C=O) groups excluding carboxylic acids is 3. The highest BCUT2D eigenvalue weighted by Gasteiger charge is 2.14. The Morgan fingerprint density at radius 1 is 0.780 bits per heavy atom. The number of carbonyl (C=O) groups is 3. The minimum absolute atomic E-state index is 0.0375. The van der Waals surface area contributed by atoms with Crippen LogP contribution in [0.5, 0.6) is 0 Å². The largest absolute Gasteiger partial charge is 0.458 e. The van der Waals surface area contributed by atoms with Crippen LogP contribution in [0.25, 0.3) is 0 Å². The van der Waals surface area contributed by atoms with Gasteiger partial charge in [0, 0.05) is 34.9 Å². The van der Waals surface area contributed by atoms with Gasteiger partial charge in [0.05, 0.1) is 10.6 Å². The second-order valence-corrected chi connectivity index (χ2v) is 9.33. The van der Waals surface area contributed by atoms with E-state index in [0.29, 0.717) is 15.6 Å². The first-order chi connectivity index (χ1) is 19.8. The monoisotopic (exact) mass is 565 g/mol. The maximum absolute atomic E-state index is 11.5. The molecule has 1 heterocycles. The van der Waals surface area contributed by atoms with Crippen molar-refractivity contribution in [2.24, 2.45) is 0 Å². The van der Waals surface area contributed by atoms with Gasteiger partial charge in [-0.3, -0.25) is 0 Å². The molecule has 206 valence electrons. The molecular formula is C33H27NO6S. The Balaban J connectivity index is 1.76. The van der Waals surface area contributed by atoms with Gasteiger partial charge < -0.3 is 14.2 Å². The van der Waals surface area contributed by atoms with Crippen LogP contribution in [-0.2, 0) is 54.8 Å². The summed E-state index contributed by atoms with van der Waals surface area (Å²) in [5.74, 6) is 10.9. The molecule has 2 aromatic carbocycles. The number of esters is 3. The predicted octanol–water partition coefficient (Wildman–Crippen LogP) is 5.19. The van der Waals surface area contributed by atoms with E-state index in [2.05, 4.69) is 48.4 Å². The zero-order valence-electron chi connectivity index (χ0n) is 22.5. The summed E-state index contributed by atoms with van der Waals surface area (Å²) in [4.78, 5) is 39.3. The molecule has 0 N–H and O–H groups in total. The smallest absolute Gasteiger partial charge is 0.330 e. The van der Waals surface area contributed by atoms with Crippen molar-refractivity contribution in [1.82, 2.24) is 4.98 Å². The Hall–Kier alpha value is -5.18. The number of benzene rings is 2. The minimum atomic E-state index is -0.584. The molecule has 0 atom stereocenters. The zero-order chi connectivity index (χ0) is 29.6. The van der Waals surface area contributed by atoms with E-state index in [4.69, 9.17) is 14.2 Å². The van der Waals surface area contributed by atoms with Crippen LogP contribution in [0.1, 0.15) is 50.3 Å². The first-order valence-electron chi connectivity index (χ1n) is 12.5. The quantitative estimate of drug-likeness (QED) is 0.145. The number of hydrogen-bond acceptors (Lipinski definition) is 8. The van der Waals surface area contributed by atoms with Gasteiger partial charge in [-0.2, -0.15) is 0 Å². The fourth-order valence-electron chi connectivity index (χ4n) is 3.31. The van der Waals surface area contributed by atoms with Crippen molar-refractivity contribution in [2.75, 3.05) is 0 Å². The second-order valence-electron chi connectivity index (χ2n) is 8.25. The van der Waals surface area contributed by atoms with Gasteiger partial charge in [0.15, 0.2) is 5.01 Å². The van der Waals surface area contributed by atoms with Crippen molar-refractivity contribution in [3.63, 3.8) is 0 Å². The average molecular weight is 566 g/mol. The lowest BCUT2D eigenvalue weighted by Gasteiger charge is -2.03. The Kier molecular flexibility index (Phi) is 11.4. The third kappa shape index (κ3) is 9.50. The molecule has 0 aliphatic rings. The Bertz CT molecular complexity index is 1550. The van der Waals surface area contributed by atoms with Crippen molar-refractivity contribution in [2.45, 2.75) is 33.2 Å². The molecule has 0 spiro atoms. The van der Waals surface area contributed by atoms with Crippen molar-refractivity contribution in [1.29, 1.82) is 0 Å². The van der Waals surface area contributed by atoms with Crippen LogP contribution in [0.4, 0.5) is 0 Å². The Morgan fingerprint density at radius 3 is 2.00 bits per heavy atom. The fraction of sp³-hybridized carbons (Fsp3) is 0.152. The van der Waals surface area contributed by atoms with Crippen molar-refractivity contribution in [3.05, 3.63) is 124 Å². The number of nitrogens with zero attached hydrogens (tertiary/aromatic N) is 1. The lowest BCUT2D eigenvalue weighted by Crippen LogP contribution is -2.05. The molecule has 0 saturated heterocycles. The summed E-state index contributed by atoms with van der Waals surface area (Å²) in [6.07, 6.45) is 4.01. The molecule has 41 heavy (non-hydrogen) atoms. The van der Waals surface area contributed by atoms with Crippen LogP contribution in [-0.4, -0.2) is 22.9 Å². The Morgan fingerprint density at radius 2 is 1.37 bits per heavy atom. The number of ether oxygens (including phenoxy) is 3. The molecule has 0 fully saturated rings. The number of rotatable bonds is 10. The fourth-order valence-corrected chi connectivity index (χ4v) is 4.14. The van der Waals surface area contributed by atoms with Gasteiger partial charge in [-0.1, -0.05) is 56.6 Å². The predicted molar refractivity (Wildman–Crippen MR) is 156 cm³/mol. The standard InChI is InChI=1S/C33H27NO6S/c1-5-26-19-24(12-9-23-10-13-25(14-11-23)20-38-31(35)6-2)15-16-27(26)17-18-30-34-28(21-39-32(36)7-3)29(41-30)22-40-33(37)8-4/h6-8,10-11,13-16,19H,2-5,20-22H2,1H3. The van der Waals surface area contributed by atoms with E-state index in [1.807, 2.05) is 49.4 Å². The first-order valence-corrected chi connectivity index (χ1v) is 13.3. The first kappa shape index (κ1) is 30.4. The lowest BCUT2D eigenvalue weighted by atomic mass is 10.0. The second kappa shape index (κ2) is 15.4. The topological polar surface area (TPSA) is 91.8 Å². The van der Waals surface area contributed by atoms with Crippen molar-refractivity contribution >= 4 is 29.2 Å². The van der Waals surface area contributed by atoms with Crippen LogP contribution >= 0.6 is 11.3 Å². The molecule has 0 radical (unpaired) electrons. The normalized spacial score (nSPS) is 9.68. The summed E-state index contributed by atoms with van der Waals surface area (Å²) in [5, 5.41) is 0.493. The van der Waals surface area contributed by atoms with Gasteiger partial charge in [0.2, 0.25) is 0 Å². The highest BCUT2D eigenvalue weighted by molar-refractivity contribution is 7.12. The lowest BCUT2D eigenvalue weighted by molar-refractivity contribution is -0.140. The van der Waals surface area contributed by atoms with Crippen LogP contribution < -0.4 is 0 Å². The van der Waals surface area contributed by atoms with E-state index in [1.54, 1.807) is 0 Å². The van der Waals surface area contributed by atoms with E-state index in [9.17, 15) is 14.4 Å². The summed E-state index contributed by atoms with van der Waals surface area (Å²) in [5.41, 5.74) is 4.86. The minimum Gasteiger partial charge on any atom is -0.458 e. The SMILES string of the molecule is C=CC(=O)OCc1ccc(C#Cc2ccc(C#Cc3nc(COC(=O)C=C)c(COC(=O)C=C)s3)c(CC)c2)cc1. The molecule has 0 aliphatic heterocycles. The molecule has 7 nitrogen and oxygen atoms in total.